The van der Waals surface area contributed by atoms with Crippen molar-refractivity contribution in [2.75, 3.05) is 13.2 Å². The van der Waals surface area contributed by atoms with Crippen molar-refractivity contribution in [1.82, 2.24) is 0 Å². The number of hydrogen-bond acceptors (Lipinski definition) is 6. The van der Waals surface area contributed by atoms with Gasteiger partial charge in [-0.15, -0.1) is 0 Å². The van der Waals surface area contributed by atoms with Crippen LogP contribution < -0.4 is 0 Å². The first-order chi connectivity index (χ1) is 21.3. The minimum absolute atomic E-state index is 0.0733. The molecule has 250 valence electrons. The second kappa shape index (κ2) is 25.8. The number of esters is 2. The summed E-state index contributed by atoms with van der Waals surface area (Å²) in [6, 6.07) is 3.25. The van der Waals surface area contributed by atoms with Crippen LogP contribution in [-0.4, -0.2) is 38.1 Å². The van der Waals surface area contributed by atoms with Gasteiger partial charge in [0.1, 0.15) is 0 Å². The lowest BCUT2D eigenvalue weighted by molar-refractivity contribution is 0.0450. The van der Waals surface area contributed by atoms with Gasteiger partial charge in [-0.2, -0.15) is 8.42 Å². The summed E-state index contributed by atoms with van der Waals surface area (Å²) in [7, 11) is -4.56. The Kier molecular flexibility index (Phi) is 23.2. The fraction of sp³-hybridized carbons (Fsp3) is 0.667. The smallest absolute Gasteiger partial charge is 0.339 e. The molecule has 0 aliphatic carbocycles. The summed E-state index contributed by atoms with van der Waals surface area (Å²) in [5.41, 5.74) is -0.297. The van der Waals surface area contributed by atoms with Crippen molar-refractivity contribution >= 4 is 22.1 Å². The van der Waals surface area contributed by atoms with Gasteiger partial charge in [-0.1, -0.05) is 102 Å². The standard InChI is InChI=1S/C36H58O7S/c1-3-5-7-9-11-13-15-17-19-21-23-25-29-42-35(37)33-28-27-32(44(39,40)41)31-34(33)36(38)43-30-26-24-22-20-18-16-14-12-10-8-6-4-2/h11-14,27-28,31H,3-10,15-26,29-30H2,1-2H3,(H,39,40,41)/b13-11+,14-12+. The van der Waals surface area contributed by atoms with Crippen LogP contribution in [0.3, 0.4) is 0 Å². The van der Waals surface area contributed by atoms with Crippen molar-refractivity contribution in [3.8, 4) is 0 Å². The number of hydrogen-bond donors (Lipinski definition) is 1. The van der Waals surface area contributed by atoms with Crippen molar-refractivity contribution in [2.45, 2.75) is 147 Å². The average Bonchev–Trinajstić information content (AvgIpc) is 3.00. The molecule has 1 N–H and O–H groups in total. The molecule has 7 nitrogen and oxygen atoms in total. The van der Waals surface area contributed by atoms with Gasteiger partial charge in [0.25, 0.3) is 10.1 Å². The molecule has 0 unspecified atom stereocenters. The Hall–Kier alpha value is -2.45. The normalized spacial score (nSPS) is 11.9. The van der Waals surface area contributed by atoms with Crippen molar-refractivity contribution in [1.29, 1.82) is 0 Å². The highest BCUT2D eigenvalue weighted by Crippen LogP contribution is 2.19. The minimum atomic E-state index is -4.56. The largest absolute Gasteiger partial charge is 0.462 e. The van der Waals surface area contributed by atoms with E-state index >= 15 is 0 Å². The predicted octanol–water partition coefficient (Wildman–Crippen LogP) is 10.2. The zero-order chi connectivity index (χ0) is 32.3. The average molecular weight is 635 g/mol. The molecule has 0 aliphatic rings. The van der Waals surface area contributed by atoms with Gasteiger partial charge in [-0.25, -0.2) is 9.59 Å². The Labute approximate surface area is 267 Å². The maximum Gasteiger partial charge on any atom is 0.339 e. The van der Waals surface area contributed by atoms with Crippen LogP contribution in [0.25, 0.3) is 0 Å². The zero-order valence-corrected chi connectivity index (χ0v) is 28.2. The summed E-state index contributed by atoms with van der Waals surface area (Å²) >= 11 is 0. The molecule has 0 saturated heterocycles. The van der Waals surface area contributed by atoms with E-state index in [0.29, 0.717) is 12.8 Å². The van der Waals surface area contributed by atoms with Gasteiger partial charge >= 0.3 is 11.9 Å². The summed E-state index contributed by atoms with van der Waals surface area (Å²) in [5.74, 6) is -1.53. The fourth-order valence-electron chi connectivity index (χ4n) is 4.80. The van der Waals surface area contributed by atoms with Gasteiger partial charge in [0.15, 0.2) is 0 Å². The van der Waals surface area contributed by atoms with E-state index in [-0.39, 0.29) is 24.3 Å². The van der Waals surface area contributed by atoms with Crippen LogP contribution in [0.4, 0.5) is 0 Å². The Bertz CT molecular complexity index is 1080. The first-order valence-electron chi connectivity index (χ1n) is 17.1. The highest BCUT2D eigenvalue weighted by atomic mass is 32.2. The van der Waals surface area contributed by atoms with Crippen LogP contribution in [-0.2, 0) is 19.6 Å². The van der Waals surface area contributed by atoms with Gasteiger partial charge in [0.2, 0.25) is 0 Å². The lowest BCUT2D eigenvalue weighted by Gasteiger charge is -2.11. The molecule has 0 fully saturated rings. The Morgan fingerprint density at radius 3 is 1.41 bits per heavy atom. The van der Waals surface area contributed by atoms with Crippen molar-refractivity contribution < 1.29 is 32.0 Å². The third-order valence-corrected chi connectivity index (χ3v) is 8.36. The number of carbonyl (C=O) groups excluding carboxylic acids is 2. The van der Waals surface area contributed by atoms with E-state index in [1.54, 1.807) is 0 Å². The van der Waals surface area contributed by atoms with Gasteiger partial charge in [-0.05, 0) is 82.4 Å². The van der Waals surface area contributed by atoms with E-state index < -0.39 is 27.0 Å². The fourth-order valence-corrected chi connectivity index (χ4v) is 5.31. The van der Waals surface area contributed by atoms with Crippen LogP contribution in [0.5, 0.6) is 0 Å². The topological polar surface area (TPSA) is 107 Å². The molecule has 0 saturated carbocycles. The molecule has 0 atom stereocenters. The summed E-state index contributed by atoms with van der Waals surface area (Å²) in [6.45, 7) is 4.79. The number of ether oxygens (including phenoxy) is 2. The SMILES string of the molecule is CCCCC/C=C/CCCCCCCOC(=O)c1ccc(S(=O)(=O)O)cc1C(=O)OCCCCCCC/C=C/CCCCC. The highest BCUT2D eigenvalue weighted by molar-refractivity contribution is 7.85. The minimum Gasteiger partial charge on any atom is -0.462 e. The molecule has 0 radical (unpaired) electrons. The van der Waals surface area contributed by atoms with E-state index in [1.807, 2.05) is 0 Å². The monoisotopic (exact) mass is 634 g/mol. The van der Waals surface area contributed by atoms with Crippen molar-refractivity contribution in [3.05, 3.63) is 53.6 Å². The van der Waals surface area contributed by atoms with Crippen LogP contribution in [0.1, 0.15) is 163 Å². The maximum absolute atomic E-state index is 12.8. The van der Waals surface area contributed by atoms with Crippen molar-refractivity contribution in [3.63, 3.8) is 0 Å². The van der Waals surface area contributed by atoms with E-state index in [4.69, 9.17) is 9.47 Å². The summed E-state index contributed by atoms with van der Waals surface area (Å²) in [4.78, 5) is 25.1. The van der Waals surface area contributed by atoms with Crippen LogP contribution >= 0.6 is 0 Å². The predicted molar refractivity (Wildman–Crippen MR) is 179 cm³/mol. The molecule has 0 amide bonds. The van der Waals surface area contributed by atoms with Gasteiger partial charge in [-0.3, -0.25) is 4.55 Å². The third-order valence-electron chi connectivity index (χ3n) is 7.51. The Morgan fingerprint density at radius 2 is 0.977 bits per heavy atom. The summed E-state index contributed by atoms with van der Waals surface area (Å²) < 4.78 is 43.5. The highest BCUT2D eigenvalue weighted by Gasteiger charge is 2.23. The number of carbonyl (C=O) groups is 2. The van der Waals surface area contributed by atoms with Crippen LogP contribution in [0, 0.1) is 0 Å². The third kappa shape index (κ3) is 19.8. The Morgan fingerprint density at radius 1 is 0.591 bits per heavy atom. The van der Waals surface area contributed by atoms with Gasteiger partial charge in [0.05, 0.1) is 29.2 Å². The summed E-state index contributed by atoms with van der Waals surface area (Å²) in [6.07, 6.45) is 31.0. The van der Waals surface area contributed by atoms with E-state index in [2.05, 4.69) is 38.2 Å². The van der Waals surface area contributed by atoms with Crippen molar-refractivity contribution in [2.24, 2.45) is 0 Å². The van der Waals surface area contributed by atoms with Crippen LogP contribution in [0.2, 0.25) is 0 Å². The maximum atomic E-state index is 12.8. The van der Waals surface area contributed by atoms with Gasteiger partial charge in [0, 0.05) is 0 Å². The van der Waals surface area contributed by atoms with E-state index in [0.717, 1.165) is 89.2 Å². The summed E-state index contributed by atoms with van der Waals surface area (Å²) in [5, 5.41) is 0. The molecular formula is C36H58O7S. The molecule has 1 aromatic rings. The molecule has 0 aliphatic heterocycles. The molecule has 0 aromatic heterocycles. The van der Waals surface area contributed by atoms with Gasteiger partial charge < -0.3 is 9.47 Å². The second-order valence-electron chi connectivity index (χ2n) is 11.5. The van der Waals surface area contributed by atoms with E-state index in [1.165, 1.54) is 44.6 Å². The molecule has 1 rings (SSSR count). The lowest BCUT2D eigenvalue weighted by atomic mass is 10.1. The lowest BCUT2D eigenvalue weighted by Crippen LogP contribution is -2.16. The molecular weight excluding hydrogens is 576 g/mol. The van der Waals surface area contributed by atoms with Crippen LogP contribution in [0.15, 0.2) is 47.4 Å². The quantitative estimate of drug-likeness (QED) is 0.0444. The molecule has 44 heavy (non-hydrogen) atoms. The second-order valence-corrected chi connectivity index (χ2v) is 12.9. The molecule has 0 heterocycles. The number of unbranched alkanes of at least 4 members (excludes halogenated alkanes) is 16. The Balaban J connectivity index is 2.40. The number of allylic oxidation sites excluding steroid dienone is 4. The molecule has 0 bridgehead atoms. The number of rotatable bonds is 27. The first-order valence-corrected chi connectivity index (χ1v) is 18.5. The zero-order valence-electron chi connectivity index (χ0n) is 27.4. The van der Waals surface area contributed by atoms with E-state index in [9.17, 15) is 22.6 Å². The number of benzene rings is 1. The molecule has 1 aromatic carbocycles. The first kappa shape index (κ1) is 39.6. The molecule has 0 spiro atoms. The molecule has 8 heteroatoms.